The van der Waals surface area contributed by atoms with E-state index in [1.54, 1.807) is 7.11 Å². The van der Waals surface area contributed by atoms with E-state index in [0.29, 0.717) is 13.2 Å². The molecule has 1 aliphatic rings. The Morgan fingerprint density at radius 3 is 2.75 bits per heavy atom. The first-order chi connectivity index (χ1) is 5.69. The molecule has 1 amide bonds. The van der Waals surface area contributed by atoms with Crippen LogP contribution in [0.4, 0.5) is 0 Å². The van der Waals surface area contributed by atoms with Crippen molar-refractivity contribution in [3.8, 4) is 0 Å². The minimum Gasteiger partial charge on any atom is -0.382 e. The molecule has 5 nitrogen and oxygen atoms in total. The molecule has 0 aliphatic heterocycles. The minimum absolute atomic E-state index is 0.237. The van der Waals surface area contributed by atoms with Crippen molar-refractivity contribution in [2.45, 2.75) is 18.4 Å². The number of nitrogens with one attached hydrogen (secondary N) is 1. The van der Waals surface area contributed by atoms with Crippen LogP contribution in [0.5, 0.6) is 0 Å². The van der Waals surface area contributed by atoms with Crippen LogP contribution in [0, 0.1) is 0 Å². The fourth-order valence-corrected chi connectivity index (χ4v) is 0.705. The molecule has 1 aliphatic carbocycles. The molecule has 0 unspecified atom stereocenters. The van der Waals surface area contributed by atoms with Gasteiger partial charge in [0, 0.05) is 7.11 Å². The summed E-state index contributed by atoms with van der Waals surface area (Å²) in [4.78, 5) is 15.9. The lowest BCUT2D eigenvalue weighted by molar-refractivity contribution is -0.136. The summed E-state index contributed by atoms with van der Waals surface area (Å²) in [6, 6.07) is 0. The zero-order valence-corrected chi connectivity index (χ0v) is 7.13. The van der Waals surface area contributed by atoms with Crippen LogP contribution in [0.25, 0.3) is 0 Å². The first-order valence-electron chi connectivity index (χ1n) is 3.89. The largest absolute Gasteiger partial charge is 0.382 e. The van der Waals surface area contributed by atoms with Gasteiger partial charge in [-0.1, -0.05) is 0 Å². The van der Waals surface area contributed by atoms with Gasteiger partial charge in [0.05, 0.1) is 18.8 Å². The molecule has 0 aromatic rings. The number of amides is 1. The Kier molecular flexibility index (Phi) is 3.02. The molecule has 12 heavy (non-hydrogen) atoms. The first kappa shape index (κ1) is 9.44. The van der Waals surface area contributed by atoms with E-state index < -0.39 is 5.54 Å². The van der Waals surface area contributed by atoms with Gasteiger partial charge in [-0.05, 0) is 12.8 Å². The number of nitrogens with two attached hydrogens (primary N) is 1. The van der Waals surface area contributed by atoms with Crippen LogP contribution in [-0.4, -0.2) is 31.8 Å². The Hall–Kier alpha value is -0.650. The van der Waals surface area contributed by atoms with Crippen LogP contribution in [-0.2, 0) is 14.4 Å². The van der Waals surface area contributed by atoms with Gasteiger partial charge < -0.3 is 10.5 Å². The molecule has 1 rings (SSSR count). The van der Waals surface area contributed by atoms with Crippen molar-refractivity contribution in [2.24, 2.45) is 5.73 Å². The Labute approximate surface area is 71.2 Å². The maximum Gasteiger partial charge on any atom is 0.263 e. The lowest BCUT2D eigenvalue weighted by Crippen LogP contribution is -2.42. The maximum absolute atomic E-state index is 11.1. The number of rotatable bonds is 5. The summed E-state index contributed by atoms with van der Waals surface area (Å²) in [6.07, 6.45) is 1.49. The molecule has 0 heterocycles. The van der Waals surface area contributed by atoms with Crippen LogP contribution in [0.2, 0.25) is 0 Å². The summed E-state index contributed by atoms with van der Waals surface area (Å²) in [5.41, 5.74) is 7.20. The van der Waals surface area contributed by atoms with Crippen LogP contribution < -0.4 is 11.2 Å². The predicted octanol–water partition coefficient (Wildman–Crippen LogP) is -0.828. The smallest absolute Gasteiger partial charge is 0.263 e. The second-order valence-corrected chi connectivity index (χ2v) is 2.93. The molecule has 0 atom stereocenters. The molecule has 0 aromatic heterocycles. The molecule has 3 N–H and O–H groups in total. The summed E-state index contributed by atoms with van der Waals surface area (Å²) in [7, 11) is 1.57. The molecular formula is C7H14N2O3. The van der Waals surface area contributed by atoms with Gasteiger partial charge >= 0.3 is 0 Å². The van der Waals surface area contributed by atoms with Crippen LogP contribution in [0.3, 0.4) is 0 Å². The van der Waals surface area contributed by atoms with Crippen molar-refractivity contribution in [3.63, 3.8) is 0 Å². The van der Waals surface area contributed by atoms with Gasteiger partial charge in [0.15, 0.2) is 0 Å². The van der Waals surface area contributed by atoms with Crippen molar-refractivity contribution >= 4 is 5.91 Å². The highest BCUT2D eigenvalue weighted by Gasteiger charge is 2.46. The Morgan fingerprint density at radius 1 is 1.58 bits per heavy atom. The second-order valence-electron chi connectivity index (χ2n) is 2.93. The summed E-state index contributed by atoms with van der Waals surface area (Å²) < 4.78 is 4.72. The molecule has 1 fully saturated rings. The van der Waals surface area contributed by atoms with E-state index in [9.17, 15) is 4.79 Å². The van der Waals surface area contributed by atoms with Gasteiger partial charge in [0.1, 0.15) is 0 Å². The minimum atomic E-state index is -0.660. The van der Waals surface area contributed by atoms with E-state index in [4.69, 9.17) is 15.3 Å². The molecular weight excluding hydrogens is 160 g/mol. The number of hydrogen-bond donors (Lipinski definition) is 2. The SMILES string of the molecule is COCCONC(=O)C1(N)CC1. The number of hydrogen-bond acceptors (Lipinski definition) is 4. The molecule has 70 valence electrons. The van der Waals surface area contributed by atoms with E-state index in [-0.39, 0.29) is 5.91 Å². The Balaban J connectivity index is 2.03. The first-order valence-corrected chi connectivity index (χ1v) is 3.89. The van der Waals surface area contributed by atoms with Crippen molar-refractivity contribution in [1.82, 2.24) is 5.48 Å². The third-order valence-electron chi connectivity index (χ3n) is 1.80. The quantitative estimate of drug-likeness (QED) is 0.421. The average Bonchev–Trinajstić information content (AvgIpc) is 2.78. The highest BCUT2D eigenvalue weighted by atomic mass is 16.7. The topological polar surface area (TPSA) is 73.6 Å². The van der Waals surface area contributed by atoms with Gasteiger partial charge in [-0.3, -0.25) is 9.63 Å². The Bertz CT molecular complexity index is 168. The molecule has 0 aromatic carbocycles. The van der Waals surface area contributed by atoms with Gasteiger partial charge in [0.2, 0.25) is 0 Å². The third-order valence-corrected chi connectivity index (χ3v) is 1.80. The fourth-order valence-electron chi connectivity index (χ4n) is 0.705. The summed E-state index contributed by atoms with van der Waals surface area (Å²) in [6.45, 7) is 0.802. The molecule has 0 saturated heterocycles. The Morgan fingerprint density at radius 2 is 2.25 bits per heavy atom. The second kappa shape index (κ2) is 3.84. The number of ether oxygens (including phenoxy) is 1. The van der Waals surface area contributed by atoms with E-state index in [0.717, 1.165) is 12.8 Å². The third kappa shape index (κ3) is 2.44. The van der Waals surface area contributed by atoms with Crippen molar-refractivity contribution in [3.05, 3.63) is 0 Å². The van der Waals surface area contributed by atoms with Crippen molar-refractivity contribution < 1.29 is 14.4 Å². The van der Waals surface area contributed by atoms with Crippen molar-refractivity contribution in [1.29, 1.82) is 0 Å². The molecule has 1 saturated carbocycles. The lowest BCUT2D eigenvalue weighted by Gasteiger charge is -2.09. The highest BCUT2D eigenvalue weighted by molar-refractivity contribution is 5.88. The monoisotopic (exact) mass is 174 g/mol. The average molecular weight is 174 g/mol. The standard InChI is InChI=1S/C7H14N2O3/c1-11-4-5-12-9-6(10)7(8)2-3-7/h2-5,8H2,1H3,(H,9,10). The molecule has 0 bridgehead atoms. The van der Waals surface area contributed by atoms with Crippen LogP contribution in [0.1, 0.15) is 12.8 Å². The van der Waals surface area contributed by atoms with Gasteiger partial charge in [-0.15, -0.1) is 0 Å². The van der Waals surface area contributed by atoms with Gasteiger partial charge in [0.25, 0.3) is 5.91 Å². The summed E-state index contributed by atoms with van der Waals surface area (Å²) >= 11 is 0. The van der Waals surface area contributed by atoms with E-state index in [1.165, 1.54) is 0 Å². The number of carbonyl (C=O) groups excluding carboxylic acids is 1. The molecule has 0 spiro atoms. The van der Waals surface area contributed by atoms with E-state index >= 15 is 0 Å². The van der Waals surface area contributed by atoms with Crippen molar-refractivity contribution in [2.75, 3.05) is 20.3 Å². The fraction of sp³-hybridized carbons (Fsp3) is 0.857. The zero-order valence-electron chi connectivity index (χ0n) is 7.13. The van der Waals surface area contributed by atoms with E-state index in [1.807, 2.05) is 0 Å². The summed E-state index contributed by atoms with van der Waals surface area (Å²) in [5, 5.41) is 0. The highest BCUT2D eigenvalue weighted by Crippen LogP contribution is 2.31. The van der Waals surface area contributed by atoms with Gasteiger partial charge in [-0.25, -0.2) is 5.48 Å². The normalized spacial score (nSPS) is 18.8. The lowest BCUT2D eigenvalue weighted by atomic mass is 10.3. The van der Waals surface area contributed by atoms with Gasteiger partial charge in [-0.2, -0.15) is 0 Å². The predicted molar refractivity (Wildman–Crippen MR) is 42.1 cm³/mol. The van der Waals surface area contributed by atoms with Crippen LogP contribution >= 0.6 is 0 Å². The molecule has 0 radical (unpaired) electrons. The zero-order chi connectivity index (χ0) is 9.03. The summed E-state index contributed by atoms with van der Waals surface area (Å²) in [5.74, 6) is -0.237. The number of carbonyl (C=O) groups is 1. The molecule has 5 heteroatoms. The number of methoxy groups -OCH3 is 1. The van der Waals surface area contributed by atoms with E-state index in [2.05, 4.69) is 5.48 Å². The number of hydroxylamine groups is 1. The van der Waals surface area contributed by atoms with Crippen LogP contribution in [0.15, 0.2) is 0 Å². The maximum atomic E-state index is 11.1.